The number of benzene rings is 1. The Morgan fingerprint density at radius 2 is 1.81 bits per heavy atom. The molecule has 1 saturated heterocycles. The van der Waals surface area contributed by atoms with E-state index in [0.717, 1.165) is 12.0 Å². The molecule has 2 N–H and O–H groups in total. The first-order valence-corrected chi connectivity index (χ1v) is 8.84. The smallest absolute Gasteiger partial charge is 0.236 e. The first kappa shape index (κ1) is 16.0. The number of carbonyl (C=O) groups is 1. The molecule has 21 heavy (non-hydrogen) atoms. The third-order valence-electron chi connectivity index (χ3n) is 4.07. The molecule has 0 spiro atoms. The first-order valence-electron chi connectivity index (χ1n) is 7.29. The Hall–Kier alpha value is -1.40. The summed E-state index contributed by atoms with van der Waals surface area (Å²) in [4.78, 5) is 13.5. The van der Waals surface area contributed by atoms with Gasteiger partial charge in [0.1, 0.15) is 0 Å². The lowest BCUT2D eigenvalue weighted by molar-refractivity contribution is -0.130. The minimum atomic E-state index is -3.31. The van der Waals surface area contributed by atoms with Crippen LogP contribution in [-0.2, 0) is 21.1 Å². The Labute approximate surface area is 126 Å². The van der Waals surface area contributed by atoms with Gasteiger partial charge in [-0.2, -0.15) is 0 Å². The molecule has 116 valence electrons. The third-order valence-corrected chi connectivity index (χ3v) is 6.35. The van der Waals surface area contributed by atoms with Crippen LogP contribution in [0, 0.1) is 0 Å². The van der Waals surface area contributed by atoms with E-state index in [9.17, 15) is 13.2 Å². The number of carbonyl (C=O) groups excluding carboxylic acids is 1. The predicted molar refractivity (Wildman–Crippen MR) is 81.7 cm³/mol. The zero-order chi connectivity index (χ0) is 15.5. The van der Waals surface area contributed by atoms with Crippen molar-refractivity contribution in [2.24, 2.45) is 5.73 Å². The molecule has 0 saturated carbocycles. The van der Waals surface area contributed by atoms with E-state index in [1.54, 1.807) is 17.0 Å². The number of hydrogen-bond donors (Lipinski definition) is 1. The van der Waals surface area contributed by atoms with E-state index in [0.29, 0.717) is 30.8 Å². The maximum Gasteiger partial charge on any atom is 0.236 e. The summed E-state index contributed by atoms with van der Waals surface area (Å²) in [6.45, 7) is 2.95. The van der Waals surface area contributed by atoms with Gasteiger partial charge in [-0.15, -0.1) is 0 Å². The molecule has 0 atom stereocenters. The van der Waals surface area contributed by atoms with E-state index in [2.05, 4.69) is 0 Å². The summed E-state index contributed by atoms with van der Waals surface area (Å²) < 4.78 is 25.2. The second-order valence-corrected chi connectivity index (χ2v) is 7.55. The Bertz CT molecular complexity index is 588. The van der Waals surface area contributed by atoms with Crippen molar-refractivity contribution in [3.05, 3.63) is 29.8 Å². The van der Waals surface area contributed by atoms with Crippen LogP contribution in [0.4, 0.5) is 0 Å². The van der Waals surface area contributed by atoms with Crippen LogP contribution >= 0.6 is 0 Å². The van der Waals surface area contributed by atoms with Crippen molar-refractivity contribution in [3.8, 4) is 0 Å². The minimum absolute atomic E-state index is 0.0180. The van der Waals surface area contributed by atoms with Crippen molar-refractivity contribution in [2.75, 3.05) is 19.6 Å². The van der Waals surface area contributed by atoms with Gasteiger partial charge in [0.05, 0.1) is 16.7 Å². The molecule has 6 heteroatoms. The lowest BCUT2D eigenvalue weighted by Gasteiger charge is -2.31. The number of sulfone groups is 1. The van der Waals surface area contributed by atoms with E-state index in [4.69, 9.17) is 5.73 Å². The van der Waals surface area contributed by atoms with Crippen LogP contribution in [-0.4, -0.2) is 44.1 Å². The lowest BCUT2D eigenvalue weighted by atomic mass is 10.1. The molecular formula is C15H22N2O3S. The van der Waals surface area contributed by atoms with Gasteiger partial charge in [-0.25, -0.2) is 8.42 Å². The number of nitrogens with two attached hydrogens (primary N) is 1. The van der Waals surface area contributed by atoms with Gasteiger partial charge in [-0.05, 0) is 37.0 Å². The second kappa shape index (κ2) is 6.58. The van der Waals surface area contributed by atoms with Crippen molar-refractivity contribution in [3.63, 3.8) is 0 Å². The average Bonchev–Trinajstić information content (AvgIpc) is 2.54. The first-order chi connectivity index (χ1) is 9.98. The van der Waals surface area contributed by atoms with E-state index >= 15 is 0 Å². The normalized spacial score (nSPS) is 17.0. The summed E-state index contributed by atoms with van der Waals surface area (Å²) in [6, 6.07) is 7.09. The fraction of sp³-hybridized carbons (Fsp3) is 0.533. The second-order valence-electron chi connectivity index (χ2n) is 5.33. The quantitative estimate of drug-likeness (QED) is 0.898. The van der Waals surface area contributed by atoms with Gasteiger partial charge >= 0.3 is 0 Å². The largest absolute Gasteiger partial charge is 0.342 e. The molecular weight excluding hydrogens is 288 g/mol. The van der Waals surface area contributed by atoms with Crippen LogP contribution in [0.5, 0.6) is 0 Å². The Balaban J connectivity index is 2.09. The van der Waals surface area contributed by atoms with Crippen LogP contribution in [0.15, 0.2) is 29.2 Å². The van der Waals surface area contributed by atoms with Gasteiger partial charge in [0.25, 0.3) is 0 Å². The molecule has 5 nitrogen and oxygen atoms in total. The summed E-state index contributed by atoms with van der Waals surface area (Å²) in [7, 11) is -3.31. The number of nitrogens with zero attached hydrogens (tertiary/aromatic N) is 1. The summed E-state index contributed by atoms with van der Waals surface area (Å²) in [5.74, 6) is -0.113. The van der Waals surface area contributed by atoms with E-state index in [-0.39, 0.29) is 12.5 Å². The van der Waals surface area contributed by atoms with Crippen LogP contribution < -0.4 is 5.73 Å². The highest BCUT2D eigenvalue weighted by atomic mass is 32.2. The van der Waals surface area contributed by atoms with Gasteiger partial charge in [0.15, 0.2) is 9.84 Å². The zero-order valence-electron chi connectivity index (χ0n) is 12.3. The maximum atomic E-state index is 12.6. The minimum Gasteiger partial charge on any atom is -0.342 e. The molecule has 1 amide bonds. The van der Waals surface area contributed by atoms with Crippen molar-refractivity contribution < 1.29 is 13.2 Å². The maximum absolute atomic E-state index is 12.6. The zero-order valence-corrected chi connectivity index (χ0v) is 13.1. The summed E-state index contributed by atoms with van der Waals surface area (Å²) in [5.41, 5.74) is 6.45. The summed E-state index contributed by atoms with van der Waals surface area (Å²) >= 11 is 0. The topological polar surface area (TPSA) is 80.5 Å². The molecule has 1 heterocycles. The number of aryl methyl sites for hydroxylation is 1. The molecule has 0 bridgehead atoms. The number of rotatable bonds is 4. The molecule has 0 unspecified atom stereocenters. The molecule has 1 aliphatic rings. The number of amides is 1. The van der Waals surface area contributed by atoms with Gasteiger partial charge < -0.3 is 10.6 Å². The fourth-order valence-electron chi connectivity index (χ4n) is 2.65. The van der Waals surface area contributed by atoms with E-state index < -0.39 is 15.1 Å². The van der Waals surface area contributed by atoms with Gasteiger partial charge in [0, 0.05) is 13.1 Å². The van der Waals surface area contributed by atoms with Gasteiger partial charge in [0.2, 0.25) is 5.91 Å². The number of hydrogen-bond acceptors (Lipinski definition) is 4. The Morgan fingerprint density at radius 3 is 2.29 bits per heavy atom. The fourth-order valence-corrected chi connectivity index (χ4v) is 4.38. The molecule has 1 fully saturated rings. The highest BCUT2D eigenvalue weighted by molar-refractivity contribution is 7.92. The summed E-state index contributed by atoms with van der Waals surface area (Å²) in [5, 5.41) is -0.410. The molecule has 0 radical (unpaired) electrons. The van der Waals surface area contributed by atoms with Crippen LogP contribution in [0.1, 0.15) is 25.3 Å². The Kier molecular flexibility index (Phi) is 5.00. The molecule has 1 aromatic carbocycles. The molecule has 1 aromatic rings. The SMILES string of the molecule is CCc1ccc(S(=O)(=O)C2CCN(C(=O)CN)CC2)cc1. The monoisotopic (exact) mass is 310 g/mol. The highest BCUT2D eigenvalue weighted by Gasteiger charge is 2.32. The number of likely N-dealkylation sites (tertiary alicyclic amines) is 1. The third kappa shape index (κ3) is 3.44. The molecule has 0 aromatic heterocycles. The van der Waals surface area contributed by atoms with Crippen molar-refractivity contribution in [1.82, 2.24) is 4.90 Å². The van der Waals surface area contributed by atoms with Gasteiger partial charge in [-0.3, -0.25) is 4.79 Å². The number of piperidine rings is 1. The van der Waals surface area contributed by atoms with Crippen molar-refractivity contribution in [2.45, 2.75) is 36.3 Å². The lowest BCUT2D eigenvalue weighted by Crippen LogP contribution is -2.44. The summed E-state index contributed by atoms with van der Waals surface area (Å²) in [6.07, 6.45) is 1.84. The predicted octanol–water partition coefficient (Wildman–Crippen LogP) is 0.972. The van der Waals surface area contributed by atoms with E-state index in [1.165, 1.54) is 0 Å². The van der Waals surface area contributed by atoms with Crippen LogP contribution in [0.2, 0.25) is 0 Å². The molecule has 0 aliphatic carbocycles. The van der Waals surface area contributed by atoms with Crippen molar-refractivity contribution in [1.29, 1.82) is 0 Å². The van der Waals surface area contributed by atoms with Crippen LogP contribution in [0.25, 0.3) is 0 Å². The highest BCUT2D eigenvalue weighted by Crippen LogP contribution is 2.25. The van der Waals surface area contributed by atoms with Crippen LogP contribution in [0.3, 0.4) is 0 Å². The average molecular weight is 310 g/mol. The van der Waals surface area contributed by atoms with Gasteiger partial charge in [-0.1, -0.05) is 19.1 Å². The van der Waals surface area contributed by atoms with Crippen molar-refractivity contribution >= 4 is 15.7 Å². The standard InChI is InChI=1S/C15H22N2O3S/c1-2-12-3-5-13(6-4-12)21(19,20)14-7-9-17(10-8-14)15(18)11-16/h3-6,14H,2,7-11,16H2,1H3. The Morgan fingerprint density at radius 1 is 1.24 bits per heavy atom. The van der Waals surface area contributed by atoms with E-state index in [1.807, 2.05) is 19.1 Å². The molecule has 2 rings (SSSR count). The molecule has 1 aliphatic heterocycles.